The molecule has 7 nitrogen and oxygen atoms in total. The zero-order valence-corrected chi connectivity index (χ0v) is 20.3. The van der Waals surface area contributed by atoms with Crippen molar-refractivity contribution in [3.05, 3.63) is 89.5 Å². The van der Waals surface area contributed by atoms with Gasteiger partial charge in [0.2, 0.25) is 5.56 Å². The lowest BCUT2D eigenvalue weighted by Gasteiger charge is -2.11. The van der Waals surface area contributed by atoms with Crippen LogP contribution in [0.5, 0.6) is 5.75 Å². The number of nitrogens with one attached hydrogen (secondary N) is 2. The maximum Gasteiger partial charge on any atom is 0.248 e. The van der Waals surface area contributed by atoms with Crippen LogP contribution in [0.15, 0.2) is 83.9 Å². The average Bonchev–Trinajstić information content (AvgIpc) is 3.30. The number of H-pyrrole nitrogens is 2. The van der Waals surface area contributed by atoms with Crippen molar-refractivity contribution < 1.29 is 4.74 Å². The van der Waals surface area contributed by atoms with E-state index >= 15 is 0 Å². The van der Waals surface area contributed by atoms with E-state index in [4.69, 9.17) is 9.72 Å². The monoisotopic (exact) mass is 487 g/mol. The number of likely N-dealkylation sites (N-methyl/N-ethyl adjacent to an activating group) is 1. The summed E-state index contributed by atoms with van der Waals surface area (Å²) in [5.74, 6) is 1.58. The number of nitrogens with zero attached hydrogens (tertiary/aromatic N) is 3. The number of hydrogen-bond acceptors (Lipinski definition) is 5. The third-order valence-corrected chi connectivity index (χ3v) is 5.61. The standard InChI is InChI=1S/C27H25N5O2.ClH/c1-32(2)15-16-34-22-8-5-20(6-9-22)27-30-25(19-11-13-28-14-12-19)26(31-27)21-4-3-18-7-10-24(33)29-23(18)17-21;/h3-14,17H,15-16H2,1-2H3,(H,29,33)(H,30,31);1H. The SMILES string of the molecule is CN(C)CCOc1ccc(-c2nc(-c3ccc4ccc(=O)[nH]c4c3)c(-c3ccncc3)[nH]2)cc1.Cl. The number of ether oxygens (including phenoxy) is 1. The Balaban J connectivity index is 0.00000289. The number of imidazole rings is 1. The lowest BCUT2D eigenvalue weighted by atomic mass is 10.0. The Bertz CT molecular complexity index is 1480. The molecular formula is C27H26ClN5O2. The van der Waals surface area contributed by atoms with Gasteiger partial charge >= 0.3 is 0 Å². The molecule has 5 rings (SSSR count). The van der Waals surface area contributed by atoms with Gasteiger partial charge in [0.15, 0.2) is 0 Å². The van der Waals surface area contributed by atoms with Crippen LogP contribution in [0.1, 0.15) is 0 Å². The van der Waals surface area contributed by atoms with Crippen molar-refractivity contribution in [1.82, 2.24) is 24.8 Å². The van der Waals surface area contributed by atoms with E-state index in [0.29, 0.717) is 6.61 Å². The van der Waals surface area contributed by atoms with E-state index < -0.39 is 0 Å². The summed E-state index contributed by atoms with van der Waals surface area (Å²) in [6.07, 6.45) is 3.52. The molecule has 0 aliphatic heterocycles. The van der Waals surface area contributed by atoms with E-state index in [-0.39, 0.29) is 18.0 Å². The quantitative estimate of drug-likeness (QED) is 0.337. The molecule has 0 bridgehead atoms. The minimum atomic E-state index is -0.130. The smallest absolute Gasteiger partial charge is 0.248 e. The number of fused-ring (bicyclic) bond motifs is 1. The fraction of sp³-hybridized carbons (Fsp3) is 0.148. The highest BCUT2D eigenvalue weighted by Gasteiger charge is 2.16. The van der Waals surface area contributed by atoms with Crippen molar-refractivity contribution >= 4 is 23.3 Å². The van der Waals surface area contributed by atoms with E-state index in [1.165, 1.54) is 6.07 Å². The molecule has 35 heavy (non-hydrogen) atoms. The van der Waals surface area contributed by atoms with Crippen LogP contribution in [0, 0.1) is 0 Å². The minimum Gasteiger partial charge on any atom is -0.492 e. The van der Waals surface area contributed by atoms with E-state index in [1.54, 1.807) is 12.4 Å². The Hall–Kier alpha value is -3.94. The summed E-state index contributed by atoms with van der Waals surface area (Å²) in [6.45, 7) is 1.49. The van der Waals surface area contributed by atoms with Gasteiger partial charge in [-0.15, -0.1) is 12.4 Å². The van der Waals surface area contributed by atoms with Crippen LogP contribution in [0.4, 0.5) is 0 Å². The normalized spacial score (nSPS) is 10.9. The molecule has 3 heterocycles. The number of benzene rings is 2. The topological polar surface area (TPSA) is 86.9 Å². The number of rotatable bonds is 7. The number of aromatic nitrogens is 4. The molecule has 5 aromatic rings. The highest BCUT2D eigenvalue weighted by Crippen LogP contribution is 2.34. The lowest BCUT2D eigenvalue weighted by Crippen LogP contribution is -2.19. The molecule has 0 spiro atoms. The second-order valence-corrected chi connectivity index (χ2v) is 8.35. The number of halogens is 1. The van der Waals surface area contributed by atoms with Crippen LogP contribution in [0.3, 0.4) is 0 Å². The van der Waals surface area contributed by atoms with Gasteiger partial charge in [0.25, 0.3) is 0 Å². The van der Waals surface area contributed by atoms with Crippen molar-refractivity contribution in [3.63, 3.8) is 0 Å². The second kappa shape index (κ2) is 10.5. The molecule has 8 heteroatoms. The van der Waals surface area contributed by atoms with Gasteiger partial charge < -0.3 is 19.6 Å². The molecule has 0 aliphatic carbocycles. The van der Waals surface area contributed by atoms with Gasteiger partial charge in [-0.3, -0.25) is 9.78 Å². The molecule has 3 aromatic heterocycles. The highest BCUT2D eigenvalue weighted by molar-refractivity contribution is 5.88. The predicted octanol–water partition coefficient (Wildman–Crippen LogP) is 5.01. The van der Waals surface area contributed by atoms with Crippen molar-refractivity contribution in [1.29, 1.82) is 0 Å². The molecule has 2 aromatic carbocycles. The van der Waals surface area contributed by atoms with Crippen LogP contribution in [0.2, 0.25) is 0 Å². The van der Waals surface area contributed by atoms with E-state index in [9.17, 15) is 4.79 Å². The fourth-order valence-corrected chi connectivity index (χ4v) is 3.80. The van der Waals surface area contributed by atoms with Gasteiger partial charge in [-0.05, 0) is 68.0 Å². The predicted molar refractivity (Wildman–Crippen MR) is 142 cm³/mol. The van der Waals surface area contributed by atoms with E-state index in [1.807, 2.05) is 74.8 Å². The largest absolute Gasteiger partial charge is 0.492 e. The molecular weight excluding hydrogens is 462 g/mol. The first kappa shape index (κ1) is 24.2. The van der Waals surface area contributed by atoms with Gasteiger partial charge in [-0.1, -0.05) is 12.1 Å². The van der Waals surface area contributed by atoms with Gasteiger partial charge in [0.1, 0.15) is 18.2 Å². The van der Waals surface area contributed by atoms with Crippen molar-refractivity contribution in [2.75, 3.05) is 27.2 Å². The Labute approximate surface area is 209 Å². The Morgan fingerprint density at radius 1 is 0.857 bits per heavy atom. The fourth-order valence-electron chi connectivity index (χ4n) is 3.80. The summed E-state index contributed by atoms with van der Waals surface area (Å²) in [5, 5.41) is 0.967. The highest BCUT2D eigenvalue weighted by atomic mass is 35.5. The maximum atomic E-state index is 11.8. The molecule has 0 unspecified atom stereocenters. The second-order valence-electron chi connectivity index (χ2n) is 8.35. The zero-order chi connectivity index (χ0) is 23.5. The maximum absolute atomic E-state index is 11.8. The summed E-state index contributed by atoms with van der Waals surface area (Å²) >= 11 is 0. The summed E-state index contributed by atoms with van der Waals surface area (Å²) in [7, 11) is 4.04. The Morgan fingerprint density at radius 3 is 2.31 bits per heavy atom. The first-order valence-electron chi connectivity index (χ1n) is 11.1. The molecule has 0 radical (unpaired) electrons. The lowest BCUT2D eigenvalue weighted by molar-refractivity contribution is 0.261. The van der Waals surface area contributed by atoms with Crippen LogP contribution in [-0.2, 0) is 0 Å². The molecule has 0 atom stereocenters. The van der Waals surface area contributed by atoms with Crippen LogP contribution in [0.25, 0.3) is 44.8 Å². The van der Waals surface area contributed by atoms with Gasteiger partial charge in [0, 0.05) is 47.2 Å². The van der Waals surface area contributed by atoms with Gasteiger partial charge in [-0.2, -0.15) is 0 Å². The minimum absolute atomic E-state index is 0. The van der Waals surface area contributed by atoms with Gasteiger partial charge in [0.05, 0.1) is 11.4 Å². The Morgan fingerprint density at radius 2 is 1.57 bits per heavy atom. The van der Waals surface area contributed by atoms with E-state index in [2.05, 4.69) is 19.9 Å². The molecule has 2 N–H and O–H groups in total. The molecule has 0 saturated carbocycles. The third-order valence-electron chi connectivity index (χ3n) is 5.61. The summed E-state index contributed by atoms with van der Waals surface area (Å²) in [5.41, 5.74) is 5.18. The summed E-state index contributed by atoms with van der Waals surface area (Å²) < 4.78 is 5.82. The van der Waals surface area contributed by atoms with Crippen molar-refractivity contribution in [2.24, 2.45) is 0 Å². The number of hydrogen-bond donors (Lipinski definition) is 2. The third kappa shape index (κ3) is 5.42. The summed E-state index contributed by atoms with van der Waals surface area (Å²) in [4.78, 5) is 29.4. The first-order valence-corrected chi connectivity index (χ1v) is 11.1. The van der Waals surface area contributed by atoms with Crippen LogP contribution in [-0.4, -0.2) is 52.1 Å². The number of aromatic amines is 2. The number of pyridine rings is 2. The van der Waals surface area contributed by atoms with E-state index in [0.717, 1.165) is 57.1 Å². The Kier molecular flexibility index (Phi) is 7.29. The van der Waals surface area contributed by atoms with Gasteiger partial charge in [-0.25, -0.2) is 4.98 Å². The molecule has 0 saturated heterocycles. The van der Waals surface area contributed by atoms with Crippen molar-refractivity contribution in [2.45, 2.75) is 0 Å². The molecule has 0 fully saturated rings. The first-order chi connectivity index (χ1) is 16.6. The summed E-state index contributed by atoms with van der Waals surface area (Å²) in [6, 6.07) is 21.1. The molecule has 0 amide bonds. The zero-order valence-electron chi connectivity index (χ0n) is 19.5. The van der Waals surface area contributed by atoms with Crippen molar-refractivity contribution in [3.8, 4) is 39.7 Å². The average molecular weight is 488 g/mol. The van der Waals surface area contributed by atoms with Crippen LogP contribution < -0.4 is 10.3 Å². The molecule has 178 valence electrons. The van der Waals surface area contributed by atoms with Crippen LogP contribution >= 0.6 is 12.4 Å². The molecule has 0 aliphatic rings.